The summed E-state index contributed by atoms with van der Waals surface area (Å²) in [5.74, 6) is 2.62. The Morgan fingerprint density at radius 3 is 2.61 bits per heavy atom. The molecule has 5 heteroatoms. The van der Waals surface area contributed by atoms with Crippen LogP contribution in [-0.4, -0.2) is 23.9 Å². The summed E-state index contributed by atoms with van der Waals surface area (Å²) in [7, 11) is 0. The maximum Gasteiger partial charge on any atom is 0.223 e. The number of hydrogen-bond donors (Lipinski definition) is 0. The first-order valence-corrected chi connectivity index (χ1v) is 8.40. The van der Waals surface area contributed by atoms with Crippen LogP contribution in [0.1, 0.15) is 44.1 Å². The summed E-state index contributed by atoms with van der Waals surface area (Å²) in [6.07, 6.45) is 5.83. The number of carbonyl (C=O) groups excluding carboxylic acids is 1. The summed E-state index contributed by atoms with van der Waals surface area (Å²) < 4.78 is 11.3. The Balaban J connectivity index is 1.67. The number of furan rings is 2. The van der Waals surface area contributed by atoms with E-state index in [1.807, 2.05) is 31.2 Å². The zero-order chi connectivity index (χ0) is 16.1. The first-order valence-electron chi connectivity index (χ1n) is 8.40. The lowest BCUT2D eigenvalue weighted by atomic mass is 10.1. The molecule has 23 heavy (non-hydrogen) atoms. The lowest BCUT2D eigenvalue weighted by Gasteiger charge is -2.26. The molecule has 3 rings (SSSR count). The molecule has 0 bridgehead atoms. The molecule has 1 saturated heterocycles. The molecule has 2 aromatic heterocycles. The molecular formula is C18H24N2O3. The van der Waals surface area contributed by atoms with Crippen LogP contribution in [0.15, 0.2) is 39.4 Å². The van der Waals surface area contributed by atoms with Crippen LogP contribution in [-0.2, 0) is 17.9 Å². The summed E-state index contributed by atoms with van der Waals surface area (Å²) in [4.78, 5) is 16.2. The number of rotatable bonds is 6. The fraction of sp³-hybridized carbons (Fsp3) is 0.500. The Morgan fingerprint density at radius 1 is 1.13 bits per heavy atom. The van der Waals surface area contributed by atoms with Crippen LogP contribution in [0.2, 0.25) is 0 Å². The van der Waals surface area contributed by atoms with Gasteiger partial charge in [-0.1, -0.05) is 6.92 Å². The van der Waals surface area contributed by atoms with E-state index >= 15 is 0 Å². The van der Waals surface area contributed by atoms with E-state index < -0.39 is 0 Å². The molecule has 1 aliphatic heterocycles. The van der Waals surface area contributed by atoms with Crippen molar-refractivity contribution in [1.29, 1.82) is 0 Å². The Bertz CT molecular complexity index is 612. The van der Waals surface area contributed by atoms with Gasteiger partial charge < -0.3 is 18.6 Å². The van der Waals surface area contributed by atoms with E-state index in [0.717, 1.165) is 30.5 Å². The molecule has 1 aliphatic rings. The number of amides is 1. The standard InChI is InChI=1S/C18H24N2O3/c1-2-17(21)20(13-15-7-6-12-22-15)14-16-8-9-18(23-16)19-10-4-3-5-11-19/h6-9,12H,2-5,10-11,13-14H2,1H3. The summed E-state index contributed by atoms with van der Waals surface area (Å²) >= 11 is 0. The lowest BCUT2D eigenvalue weighted by Crippen LogP contribution is -2.29. The second-order valence-corrected chi connectivity index (χ2v) is 5.97. The highest BCUT2D eigenvalue weighted by Gasteiger charge is 2.18. The molecule has 3 heterocycles. The third kappa shape index (κ3) is 3.97. The molecule has 0 spiro atoms. The van der Waals surface area contributed by atoms with Crippen molar-refractivity contribution in [2.24, 2.45) is 0 Å². The Morgan fingerprint density at radius 2 is 1.91 bits per heavy atom. The van der Waals surface area contributed by atoms with E-state index in [-0.39, 0.29) is 5.91 Å². The summed E-state index contributed by atoms with van der Waals surface area (Å²) in [5.41, 5.74) is 0. The molecule has 0 aromatic carbocycles. The fourth-order valence-electron chi connectivity index (χ4n) is 2.97. The van der Waals surface area contributed by atoms with Gasteiger partial charge in [-0.05, 0) is 37.5 Å². The van der Waals surface area contributed by atoms with Crippen LogP contribution in [0.4, 0.5) is 5.88 Å². The Hall–Kier alpha value is -2.17. The molecular weight excluding hydrogens is 292 g/mol. The fourth-order valence-corrected chi connectivity index (χ4v) is 2.97. The largest absolute Gasteiger partial charge is 0.467 e. The van der Waals surface area contributed by atoms with Crippen LogP contribution in [0, 0.1) is 0 Å². The molecule has 124 valence electrons. The average molecular weight is 316 g/mol. The van der Waals surface area contributed by atoms with Crippen LogP contribution >= 0.6 is 0 Å². The molecule has 5 nitrogen and oxygen atoms in total. The number of piperidine rings is 1. The predicted molar refractivity (Wildman–Crippen MR) is 88.0 cm³/mol. The van der Waals surface area contributed by atoms with Crippen molar-refractivity contribution in [3.63, 3.8) is 0 Å². The maximum absolute atomic E-state index is 12.2. The van der Waals surface area contributed by atoms with E-state index in [0.29, 0.717) is 19.5 Å². The van der Waals surface area contributed by atoms with Gasteiger partial charge in [0.25, 0.3) is 0 Å². The number of hydrogen-bond acceptors (Lipinski definition) is 4. The normalized spacial score (nSPS) is 14.9. The van der Waals surface area contributed by atoms with Crippen molar-refractivity contribution >= 4 is 11.8 Å². The first-order chi connectivity index (χ1) is 11.3. The van der Waals surface area contributed by atoms with Crippen molar-refractivity contribution in [3.8, 4) is 0 Å². The molecule has 2 aromatic rings. The van der Waals surface area contributed by atoms with E-state index in [9.17, 15) is 4.79 Å². The second kappa shape index (κ2) is 7.40. The van der Waals surface area contributed by atoms with Gasteiger partial charge in [-0.3, -0.25) is 4.79 Å². The third-order valence-corrected chi connectivity index (χ3v) is 4.24. The van der Waals surface area contributed by atoms with Crippen molar-refractivity contribution in [1.82, 2.24) is 4.90 Å². The smallest absolute Gasteiger partial charge is 0.223 e. The van der Waals surface area contributed by atoms with Crippen molar-refractivity contribution in [3.05, 3.63) is 42.0 Å². The topological polar surface area (TPSA) is 49.8 Å². The van der Waals surface area contributed by atoms with Crippen molar-refractivity contribution in [2.75, 3.05) is 18.0 Å². The number of anilines is 1. The van der Waals surface area contributed by atoms with Crippen LogP contribution in [0.3, 0.4) is 0 Å². The zero-order valence-corrected chi connectivity index (χ0v) is 13.7. The first kappa shape index (κ1) is 15.7. The van der Waals surface area contributed by atoms with Gasteiger partial charge in [-0.15, -0.1) is 0 Å². The Labute approximate surface area is 136 Å². The Kier molecular flexibility index (Phi) is 5.05. The van der Waals surface area contributed by atoms with Gasteiger partial charge in [-0.25, -0.2) is 0 Å². The molecule has 0 N–H and O–H groups in total. The molecule has 1 fully saturated rings. The van der Waals surface area contributed by atoms with Crippen LogP contribution in [0.5, 0.6) is 0 Å². The van der Waals surface area contributed by atoms with Gasteiger partial charge >= 0.3 is 0 Å². The van der Waals surface area contributed by atoms with Crippen LogP contribution < -0.4 is 4.90 Å². The number of nitrogens with zero attached hydrogens (tertiary/aromatic N) is 2. The van der Waals surface area contributed by atoms with Gasteiger partial charge in [0.05, 0.1) is 19.4 Å². The SMILES string of the molecule is CCC(=O)N(Cc1ccco1)Cc1ccc(N2CCCCC2)o1. The van der Waals surface area contributed by atoms with Gasteiger partial charge in [0, 0.05) is 25.6 Å². The summed E-state index contributed by atoms with van der Waals surface area (Å²) in [5, 5.41) is 0. The minimum atomic E-state index is 0.0947. The summed E-state index contributed by atoms with van der Waals surface area (Å²) in [6.45, 7) is 4.92. The van der Waals surface area contributed by atoms with Gasteiger partial charge in [0.1, 0.15) is 11.5 Å². The molecule has 0 radical (unpaired) electrons. The predicted octanol–water partition coefficient (Wildman–Crippen LogP) is 3.80. The van der Waals surface area contributed by atoms with Crippen molar-refractivity contribution < 1.29 is 13.6 Å². The van der Waals surface area contributed by atoms with Gasteiger partial charge in [0.15, 0.2) is 5.88 Å². The molecule has 0 aliphatic carbocycles. The van der Waals surface area contributed by atoms with Crippen molar-refractivity contribution in [2.45, 2.75) is 45.7 Å². The second-order valence-electron chi connectivity index (χ2n) is 5.97. The quantitative estimate of drug-likeness (QED) is 0.813. The minimum absolute atomic E-state index is 0.0947. The third-order valence-electron chi connectivity index (χ3n) is 4.24. The van der Waals surface area contributed by atoms with Gasteiger partial charge in [0.2, 0.25) is 5.91 Å². The van der Waals surface area contributed by atoms with Gasteiger partial charge in [-0.2, -0.15) is 0 Å². The van der Waals surface area contributed by atoms with E-state index in [4.69, 9.17) is 8.83 Å². The monoisotopic (exact) mass is 316 g/mol. The molecule has 1 amide bonds. The molecule has 0 unspecified atom stereocenters. The minimum Gasteiger partial charge on any atom is -0.467 e. The number of carbonyl (C=O) groups is 1. The van der Waals surface area contributed by atoms with E-state index in [1.165, 1.54) is 19.3 Å². The highest BCUT2D eigenvalue weighted by molar-refractivity contribution is 5.75. The highest BCUT2D eigenvalue weighted by atomic mass is 16.4. The maximum atomic E-state index is 12.2. The average Bonchev–Trinajstić information content (AvgIpc) is 3.26. The molecule has 0 atom stereocenters. The molecule has 0 saturated carbocycles. The zero-order valence-electron chi connectivity index (χ0n) is 13.7. The summed E-state index contributed by atoms with van der Waals surface area (Å²) in [6, 6.07) is 7.71. The lowest BCUT2D eigenvalue weighted by molar-refractivity contribution is -0.132. The van der Waals surface area contributed by atoms with E-state index in [1.54, 1.807) is 11.2 Å². The van der Waals surface area contributed by atoms with E-state index in [2.05, 4.69) is 4.90 Å². The van der Waals surface area contributed by atoms with Crippen LogP contribution in [0.25, 0.3) is 0 Å². The highest BCUT2D eigenvalue weighted by Crippen LogP contribution is 2.24.